The second-order valence-corrected chi connectivity index (χ2v) is 31.3. The molecule has 20 heteroatoms. The van der Waals surface area contributed by atoms with Gasteiger partial charge in [-0.15, -0.1) is 0 Å². The molecule has 0 aliphatic carbocycles. The van der Waals surface area contributed by atoms with Gasteiger partial charge in [-0.05, 0) is 89.2 Å². The summed E-state index contributed by atoms with van der Waals surface area (Å²) in [5.74, 6) is -0.562. The molecule has 0 unspecified atom stereocenters. The average molecular weight is 1630 g/mol. The molecule has 0 radical (unpaired) electrons. The first-order valence-electron chi connectivity index (χ1n) is 41.8. The molecular weight excluding hydrogens is 1520 g/mol. The van der Waals surface area contributed by atoms with E-state index < -0.39 is 110 Å². The van der Waals surface area contributed by atoms with Gasteiger partial charge in [0.15, 0.2) is 25.0 Å². The maximum absolute atomic E-state index is 15.2. The van der Waals surface area contributed by atoms with Gasteiger partial charge in [0.1, 0.15) is 73.8 Å². The Kier molecular flexibility index (Phi) is 34.9. The van der Waals surface area contributed by atoms with Crippen LogP contribution in [0.4, 0.5) is 4.79 Å². The molecule has 20 nitrogen and oxygen atoms in total. The van der Waals surface area contributed by atoms with E-state index in [0.717, 1.165) is 62.1 Å². The van der Waals surface area contributed by atoms with E-state index in [1.807, 2.05) is 303 Å². The maximum atomic E-state index is 15.2. The van der Waals surface area contributed by atoms with Crippen molar-refractivity contribution in [1.29, 1.82) is 0 Å². The zero-order chi connectivity index (χ0) is 82.6. The van der Waals surface area contributed by atoms with Crippen LogP contribution < -0.4 is 5.32 Å². The smallest absolute Gasteiger partial charge is 0.407 e. The molecule has 120 heavy (non-hydrogen) atoms. The second kappa shape index (κ2) is 47.5. The fraction of sp³-hybridized carbons (Fsp3) is 0.380. The topological polar surface area (TPSA) is 203 Å². The first-order valence-corrected chi connectivity index (χ1v) is 41.8. The average Bonchev–Trinajstić information content (AvgIpc) is 0.762. The van der Waals surface area contributed by atoms with Crippen LogP contribution in [0, 0.1) is 5.41 Å². The second-order valence-electron chi connectivity index (χ2n) is 31.3. The van der Waals surface area contributed by atoms with Gasteiger partial charge >= 0.3 is 12.1 Å². The molecule has 0 aromatic heterocycles. The quantitative estimate of drug-likeness (QED) is 0.0278. The highest BCUT2D eigenvalue weighted by Gasteiger charge is 2.58. The van der Waals surface area contributed by atoms with Gasteiger partial charge in [0.2, 0.25) is 0 Å². The molecule has 3 heterocycles. The van der Waals surface area contributed by atoms with E-state index in [2.05, 4.69) is 5.32 Å². The van der Waals surface area contributed by atoms with Gasteiger partial charge in [-0.25, -0.2) is 4.79 Å². The van der Waals surface area contributed by atoms with E-state index in [1.54, 1.807) is 20.8 Å². The molecule has 3 saturated heterocycles. The van der Waals surface area contributed by atoms with Crippen molar-refractivity contribution in [3.05, 3.63) is 359 Å². The Morgan fingerprint density at radius 2 is 0.558 bits per heavy atom. The highest BCUT2D eigenvalue weighted by Crippen LogP contribution is 2.41. The SMILES string of the molecule is CC(C)(C)C(=O)O[C@@H]1[C@@H](O[C@@H]2[C@@H](OCCCCCCNC(=O)OCc3ccccc3)O[C@H](COCc3ccccc3)[C@@H](O[C@@H]3O[C@H](COCc4ccccc4)[C@H](OCc4ccccc4)[C@H](OCc4ccccc4)[C@H]3OCc3ccccc3)[C@@H]2OCc2ccccc2)O[C@H](COCc2ccccc2)[C@@H](OCc2ccccc2)[C@@H]1OCc1ccccc1. The third-order valence-electron chi connectivity index (χ3n) is 20.9. The molecule has 1 amide bonds. The Labute approximate surface area is 705 Å². The summed E-state index contributed by atoms with van der Waals surface area (Å²) in [6.45, 7) is 7.35. The number of benzene rings is 10. The number of rotatable bonds is 45. The Morgan fingerprint density at radius 3 is 0.917 bits per heavy atom. The molecule has 3 aliphatic rings. The Bertz CT molecular complexity index is 4480. The van der Waals surface area contributed by atoms with Gasteiger partial charge in [0.05, 0.1) is 84.7 Å². The molecule has 13 rings (SSSR count). The molecule has 15 atom stereocenters. The van der Waals surface area contributed by atoms with Gasteiger partial charge in [0, 0.05) is 13.2 Å². The van der Waals surface area contributed by atoms with E-state index in [0.29, 0.717) is 25.8 Å². The lowest BCUT2D eigenvalue weighted by atomic mass is 9.94. The van der Waals surface area contributed by atoms with E-state index in [9.17, 15) is 4.79 Å². The first kappa shape index (κ1) is 88.1. The summed E-state index contributed by atoms with van der Waals surface area (Å²) >= 11 is 0. The largest absolute Gasteiger partial charge is 0.454 e. The fourth-order valence-electron chi connectivity index (χ4n) is 14.5. The summed E-state index contributed by atoms with van der Waals surface area (Å²) in [4.78, 5) is 28.0. The van der Waals surface area contributed by atoms with Crippen LogP contribution in [-0.2, 0) is 151 Å². The molecule has 10 aromatic rings. The lowest BCUT2D eigenvalue weighted by molar-refractivity contribution is -0.398. The number of esters is 1. The van der Waals surface area contributed by atoms with Gasteiger partial charge in [-0.1, -0.05) is 316 Å². The van der Waals surface area contributed by atoms with Crippen LogP contribution in [0.2, 0.25) is 0 Å². The maximum Gasteiger partial charge on any atom is 0.407 e. The van der Waals surface area contributed by atoms with Crippen LogP contribution in [0.3, 0.4) is 0 Å². The zero-order valence-electron chi connectivity index (χ0n) is 68.7. The van der Waals surface area contributed by atoms with Crippen LogP contribution >= 0.6 is 0 Å². The number of ether oxygens (including phenoxy) is 17. The molecule has 10 aromatic carbocycles. The van der Waals surface area contributed by atoms with Crippen LogP contribution in [0.5, 0.6) is 0 Å². The third-order valence-corrected chi connectivity index (χ3v) is 20.9. The van der Waals surface area contributed by atoms with Crippen molar-refractivity contribution in [2.45, 2.75) is 205 Å². The standard InChI is InChI=1S/C100H113NO19/c1-100(2,3)98(102)120-94-90(111-66-79-50-28-12-29-51-79)87(109-64-77-46-24-10-25-47-77)84(71-105-61-74-40-18-7-19-41-74)117-97(94)119-93-91(112-67-80-52-30-13-31-53-80)88(85(72-106-62-75-42-20-8-21-43-75)115-95(93)107-59-37-5-4-36-58-101-99(103)114-69-82-56-34-15-35-57-82)118-96-92(113-68-81-54-32-14-33-55-81)89(110-65-78-48-26-11-27-49-78)86(108-63-76-44-22-9-23-45-76)83(116-96)70-104-60-73-38-16-6-17-39-73/h6-35,38-57,83-97H,4-5,36-37,58-72H2,1-3H3,(H,101,103)/t83-,84-,85-,86+,87-,88-,89+,90+,91+,92-,93+,94+,95+,96+,97-/m1/s1. The molecule has 632 valence electrons. The van der Waals surface area contributed by atoms with Crippen molar-refractivity contribution in [3.8, 4) is 0 Å². The van der Waals surface area contributed by atoms with Gasteiger partial charge in [0.25, 0.3) is 0 Å². The van der Waals surface area contributed by atoms with E-state index in [1.165, 1.54) is 0 Å². The summed E-state index contributed by atoms with van der Waals surface area (Å²) < 4.78 is 122. The molecule has 0 bridgehead atoms. The Hall–Kier alpha value is -9.66. The number of hydrogen-bond acceptors (Lipinski definition) is 19. The van der Waals surface area contributed by atoms with Crippen molar-refractivity contribution in [1.82, 2.24) is 5.32 Å². The Morgan fingerprint density at radius 1 is 0.283 bits per heavy atom. The van der Waals surface area contributed by atoms with E-state index >= 15 is 4.79 Å². The van der Waals surface area contributed by atoms with Crippen LogP contribution in [0.25, 0.3) is 0 Å². The van der Waals surface area contributed by atoms with Crippen molar-refractivity contribution >= 4 is 12.1 Å². The zero-order valence-corrected chi connectivity index (χ0v) is 68.7. The van der Waals surface area contributed by atoms with Crippen LogP contribution in [0.15, 0.2) is 303 Å². The van der Waals surface area contributed by atoms with Gasteiger partial charge in [-0.2, -0.15) is 0 Å². The lowest BCUT2D eigenvalue weighted by Gasteiger charge is -2.51. The normalized spacial score (nSPS) is 23.0. The number of hydrogen-bond donors (Lipinski definition) is 1. The van der Waals surface area contributed by atoms with Gasteiger partial charge in [-0.3, -0.25) is 4.79 Å². The summed E-state index contributed by atoms with van der Waals surface area (Å²) in [6, 6.07) is 98.7. The predicted octanol–water partition coefficient (Wildman–Crippen LogP) is 17.6. The summed E-state index contributed by atoms with van der Waals surface area (Å²) in [5, 5.41) is 2.91. The molecule has 1 N–H and O–H groups in total. The minimum Gasteiger partial charge on any atom is -0.454 e. The van der Waals surface area contributed by atoms with Crippen molar-refractivity contribution < 1.29 is 90.1 Å². The minimum atomic E-state index is -1.52. The summed E-state index contributed by atoms with van der Waals surface area (Å²) in [5.41, 5.74) is 7.94. The van der Waals surface area contributed by atoms with Crippen LogP contribution in [-0.4, -0.2) is 137 Å². The van der Waals surface area contributed by atoms with Crippen molar-refractivity contribution in [3.63, 3.8) is 0 Å². The monoisotopic (exact) mass is 1630 g/mol. The highest BCUT2D eigenvalue weighted by atomic mass is 16.8. The van der Waals surface area contributed by atoms with Crippen LogP contribution in [0.1, 0.15) is 102 Å². The molecule has 0 spiro atoms. The Balaban J connectivity index is 0.923. The predicted molar refractivity (Wildman–Crippen MR) is 453 cm³/mol. The number of alkyl carbamates (subject to hydrolysis) is 1. The van der Waals surface area contributed by atoms with Crippen molar-refractivity contribution in [2.24, 2.45) is 5.41 Å². The van der Waals surface area contributed by atoms with E-state index in [4.69, 9.17) is 80.5 Å². The first-order chi connectivity index (χ1) is 59.0. The number of amides is 1. The summed E-state index contributed by atoms with van der Waals surface area (Å²) in [6.07, 6.45) is -14.9. The number of nitrogens with one attached hydrogen (secondary N) is 1. The highest BCUT2D eigenvalue weighted by molar-refractivity contribution is 5.75. The number of carbonyl (C=O) groups is 2. The third kappa shape index (κ3) is 27.7. The number of unbranched alkanes of at least 4 members (excludes halogenated alkanes) is 3. The lowest BCUT2D eigenvalue weighted by Crippen LogP contribution is -2.68. The minimum absolute atomic E-state index is 0.0130. The number of carbonyl (C=O) groups excluding carboxylic acids is 2. The molecular formula is C100H113NO19. The van der Waals surface area contributed by atoms with E-state index in [-0.39, 0.29) is 92.5 Å². The fourth-order valence-corrected chi connectivity index (χ4v) is 14.5. The van der Waals surface area contributed by atoms with Crippen molar-refractivity contribution in [2.75, 3.05) is 33.0 Å². The molecule has 3 fully saturated rings. The molecule has 0 saturated carbocycles. The van der Waals surface area contributed by atoms with Gasteiger partial charge < -0.3 is 85.8 Å². The molecule has 3 aliphatic heterocycles. The summed E-state index contributed by atoms with van der Waals surface area (Å²) in [7, 11) is 0.